The normalized spacial score (nSPS) is 12.1. The molecule has 0 aliphatic rings. The highest BCUT2D eigenvalue weighted by molar-refractivity contribution is 6.04. The van der Waals surface area contributed by atoms with Crippen LogP contribution in [0.1, 0.15) is 148 Å². The lowest BCUT2D eigenvalue weighted by molar-refractivity contribution is 0.0419. The van der Waals surface area contributed by atoms with Crippen LogP contribution in [0.2, 0.25) is 0 Å². The number of aromatic nitrogens is 3. The van der Waals surface area contributed by atoms with Gasteiger partial charge in [-0.05, 0) is 127 Å². The van der Waals surface area contributed by atoms with Crippen LogP contribution in [0, 0.1) is 17.3 Å². The number of nitrogens with zero attached hydrogens (tertiary/aromatic N) is 3. The van der Waals surface area contributed by atoms with Crippen LogP contribution in [-0.2, 0) is 9.47 Å². The number of anilines is 7. The first-order chi connectivity index (χ1) is 31.2. The second kappa shape index (κ2) is 24.4. The van der Waals surface area contributed by atoms with Gasteiger partial charge in [0.05, 0.1) is 24.3 Å². The Hall–Kier alpha value is -6.63. The van der Waals surface area contributed by atoms with Crippen molar-refractivity contribution < 1.29 is 28.7 Å². The first-order valence-electron chi connectivity index (χ1n) is 22.9. The summed E-state index contributed by atoms with van der Waals surface area (Å²) in [5, 5.41) is 12.5. The molecule has 1 amide bonds. The van der Waals surface area contributed by atoms with E-state index in [2.05, 4.69) is 63.9 Å². The molecule has 1 heterocycles. The number of ketones is 1. The molecule has 0 aliphatic carbocycles. The number of hydrogen-bond donors (Lipinski definition) is 4. The van der Waals surface area contributed by atoms with Gasteiger partial charge in [-0.2, -0.15) is 15.0 Å². The molecule has 0 saturated heterocycles. The second-order valence-corrected chi connectivity index (χ2v) is 17.6. The third-order valence-corrected chi connectivity index (χ3v) is 10.9. The number of esters is 2. The van der Waals surface area contributed by atoms with Crippen LogP contribution in [0.3, 0.4) is 0 Å². The highest BCUT2D eigenvalue weighted by atomic mass is 16.5. The number of hydrogen-bond acceptors (Lipinski definition) is 12. The molecule has 4 N–H and O–H groups in total. The third kappa shape index (κ3) is 16.1. The van der Waals surface area contributed by atoms with Crippen molar-refractivity contribution in [1.29, 1.82) is 0 Å². The van der Waals surface area contributed by atoms with Crippen molar-refractivity contribution in [3.05, 3.63) is 119 Å². The first-order valence-corrected chi connectivity index (χ1v) is 22.9. The summed E-state index contributed by atoms with van der Waals surface area (Å²) in [5.74, 6) is 0.320. The average molecular weight is 884 g/mol. The summed E-state index contributed by atoms with van der Waals surface area (Å²) >= 11 is 0. The number of nitrogens with one attached hydrogen (secondary N) is 4. The predicted molar refractivity (Wildman–Crippen MR) is 259 cm³/mol. The average Bonchev–Trinajstić information content (AvgIpc) is 3.29. The van der Waals surface area contributed by atoms with Crippen molar-refractivity contribution in [1.82, 2.24) is 15.0 Å². The lowest BCUT2D eigenvalue weighted by Gasteiger charge is -2.16. The second-order valence-electron chi connectivity index (χ2n) is 17.6. The molecule has 0 spiro atoms. The Morgan fingerprint density at radius 3 is 1.22 bits per heavy atom. The van der Waals surface area contributed by atoms with Crippen molar-refractivity contribution in [2.24, 2.45) is 17.3 Å². The Labute approximate surface area is 384 Å². The molecule has 0 bridgehead atoms. The molecular weight excluding hydrogens is 819 g/mol. The molecule has 2 atom stereocenters. The molecule has 0 radical (unpaired) electrons. The van der Waals surface area contributed by atoms with Gasteiger partial charge in [-0.15, -0.1) is 0 Å². The molecule has 344 valence electrons. The van der Waals surface area contributed by atoms with Crippen LogP contribution in [0.4, 0.5) is 40.6 Å². The van der Waals surface area contributed by atoms with Gasteiger partial charge in [0.1, 0.15) is 0 Å². The topological polar surface area (TPSA) is 174 Å². The minimum atomic E-state index is -0.380. The minimum Gasteiger partial charge on any atom is -0.462 e. The highest BCUT2D eigenvalue weighted by Crippen LogP contribution is 2.25. The first kappa shape index (κ1) is 49.4. The Bertz CT molecular complexity index is 2310. The monoisotopic (exact) mass is 883 g/mol. The highest BCUT2D eigenvalue weighted by Gasteiger charge is 2.19. The van der Waals surface area contributed by atoms with E-state index in [-0.39, 0.29) is 46.9 Å². The zero-order valence-electron chi connectivity index (χ0n) is 39.0. The lowest BCUT2D eigenvalue weighted by Crippen LogP contribution is -2.14. The van der Waals surface area contributed by atoms with Crippen molar-refractivity contribution in [3.8, 4) is 0 Å². The maximum Gasteiger partial charge on any atom is 0.338 e. The molecule has 1 aromatic heterocycles. The van der Waals surface area contributed by atoms with Gasteiger partial charge >= 0.3 is 11.9 Å². The summed E-state index contributed by atoms with van der Waals surface area (Å²) in [6.45, 7) is 15.4. The van der Waals surface area contributed by atoms with Gasteiger partial charge in [0.15, 0.2) is 5.78 Å². The number of benzene rings is 4. The van der Waals surface area contributed by atoms with E-state index >= 15 is 0 Å². The largest absolute Gasteiger partial charge is 0.462 e. The fourth-order valence-corrected chi connectivity index (χ4v) is 6.89. The molecule has 65 heavy (non-hydrogen) atoms. The number of ether oxygens (including phenoxy) is 2. The summed E-state index contributed by atoms with van der Waals surface area (Å²) in [6, 6.07) is 27.5. The predicted octanol–water partition coefficient (Wildman–Crippen LogP) is 12.7. The van der Waals surface area contributed by atoms with E-state index in [0.29, 0.717) is 76.5 Å². The van der Waals surface area contributed by atoms with Crippen molar-refractivity contribution in [3.63, 3.8) is 0 Å². The molecule has 13 heteroatoms. The summed E-state index contributed by atoms with van der Waals surface area (Å²) in [4.78, 5) is 65.4. The molecule has 5 aromatic rings. The summed E-state index contributed by atoms with van der Waals surface area (Å²) in [6.07, 6.45) is 8.84. The van der Waals surface area contributed by atoms with Crippen LogP contribution >= 0.6 is 0 Å². The zero-order chi connectivity index (χ0) is 46.8. The van der Waals surface area contributed by atoms with Gasteiger partial charge in [0, 0.05) is 40.3 Å². The van der Waals surface area contributed by atoms with Gasteiger partial charge in [-0.1, -0.05) is 87.0 Å². The van der Waals surface area contributed by atoms with Gasteiger partial charge in [-0.3, -0.25) is 9.59 Å². The SMILES string of the molecule is CCCCC(CC)COC(=O)c1ccc(NC(=O)c2ccc(Nc3nc(Nc4ccc(C(=O)CC(C)(C)C)cc4)nc(Nc4ccc(C(=O)OCC(CC)CCCC)cc4)n3)cc2)cc1. The fraction of sp³-hybridized carbons (Fsp3) is 0.404. The van der Waals surface area contributed by atoms with Gasteiger partial charge in [0.25, 0.3) is 5.91 Å². The zero-order valence-corrected chi connectivity index (χ0v) is 39.0. The standard InChI is InChI=1S/C52H65N7O6/c1-8-12-14-35(10-3)33-64-47(62)39-20-28-41(29-21-39)53-46(61)38-18-26-43(27-19-38)55-50-57-49(54-42-24-16-37(17-25-42)45(60)32-52(5,6)7)58-51(59-50)56-44-30-22-40(23-31-44)48(63)65-34-36(11-4)15-13-9-2/h16-31,35-36H,8-15,32-34H2,1-7H3,(H,53,61)(H3,54,55,56,57,58,59). The van der Waals surface area contributed by atoms with E-state index in [1.54, 1.807) is 97.1 Å². The van der Waals surface area contributed by atoms with Gasteiger partial charge in [0.2, 0.25) is 17.8 Å². The quantitative estimate of drug-likeness (QED) is 0.0342. The number of amides is 1. The fourth-order valence-electron chi connectivity index (χ4n) is 6.89. The molecule has 4 aromatic carbocycles. The van der Waals surface area contributed by atoms with E-state index in [9.17, 15) is 19.2 Å². The maximum atomic E-state index is 13.2. The molecule has 2 unspecified atom stereocenters. The Morgan fingerprint density at radius 2 is 0.862 bits per heavy atom. The molecule has 0 saturated carbocycles. The molecular formula is C52H65N7O6. The summed E-state index contributed by atoms with van der Waals surface area (Å²) in [7, 11) is 0. The number of rotatable bonds is 24. The minimum absolute atomic E-state index is 0.0631. The van der Waals surface area contributed by atoms with E-state index in [4.69, 9.17) is 9.47 Å². The molecule has 0 fully saturated rings. The number of carbonyl (C=O) groups excluding carboxylic acids is 4. The van der Waals surface area contributed by atoms with E-state index in [0.717, 1.165) is 51.4 Å². The van der Waals surface area contributed by atoms with E-state index in [1.165, 1.54) is 0 Å². The van der Waals surface area contributed by atoms with Crippen molar-refractivity contribution >= 4 is 64.2 Å². The van der Waals surface area contributed by atoms with Crippen LogP contribution in [-0.4, -0.2) is 51.8 Å². The Balaban J connectivity index is 1.27. The Morgan fingerprint density at radius 1 is 0.508 bits per heavy atom. The van der Waals surface area contributed by atoms with Crippen LogP contribution < -0.4 is 21.3 Å². The third-order valence-electron chi connectivity index (χ3n) is 10.9. The number of Topliss-reactive ketones (excluding diaryl/α,β-unsaturated/α-hetero) is 1. The van der Waals surface area contributed by atoms with Crippen LogP contribution in [0.25, 0.3) is 0 Å². The maximum absolute atomic E-state index is 13.2. The summed E-state index contributed by atoms with van der Waals surface area (Å²) < 4.78 is 11.2. The van der Waals surface area contributed by atoms with Crippen LogP contribution in [0.5, 0.6) is 0 Å². The molecule has 5 rings (SSSR count). The van der Waals surface area contributed by atoms with E-state index in [1.807, 2.05) is 20.8 Å². The van der Waals surface area contributed by atoms with Gasteiger partial charge in [-0.25, -0.2) is 9.59 Å². The van der Waals surface area contributed by atoms with Crippen molar-refractivity contribution in [2.45, 2.75) is 106 Å². The van der Waals surface area contributed by atoms with Crippen LogP contribution in [0.15, 0.2) is 97.1 Å². The van der Waals surface area contributed by atoms with E-state index < -0.39 is 0 Å². The van der Waals surface area contributed by atoms with Gasteiger partial charge < -0.3 is 30.7 Å². The smallest absolute Gasteiger partial charge is 0.338 e. The molecule has 13 nitrogen and oxygen atoms in total. The number of unbranched alkanes of at least 4 members (excludes halogenated alkanes) is 2. The summed E-state index contributed by atoms with van der Waals surface area (Å²) in [5.41, 5.74) is 4.20. The van der Waals surface area contributed by atoms with Crippen molar-refractivity contribution in [2.75, 3.05) is 34.5 Å². The molecule has 0 aliphatic heterocycles. The Kier molecular flexibility index (Phi) is 18.6. The number of carbonyl (C=O) groups is 4. The lowest BCUT2D eigenvalue weighted by atomic mass is 9.88.